The molecule has 0 aliphatic rings. The SMILES string of the molecule is N#Cc1cc(I)c(OCCc2ccc([N+](=O)[O-])cc2)nc1N. The fourth-order valence-electron chi connectivity index (χ4n) is 1.73. The van der Waals surface area contributed by atoms with Crippen molar-refractivity contribution in [2.45, 2.75) is 6.42 Å². The summed E-state index contributed by atoms with van der Waals surface area (Å²) in [5, 5.41) is 19.4. The maximum absolute atomic E-state index is 10.6. The molecule has 0 aliphatic heterocycles. The highest BCUT2D eigenvalue weighted by atomic mass is 127. The third kappa shape index (κ3) is 3.82. The third-order valence-corrected chi connectivity index (χ3v) is 3.64. The predicted octanol–water partition coefficient (Wildman–Crippen LogP) is 2.67. The van der Waals surface area contributed by atoms with E-state index in [1.165, 1.54) is 12.1 Å². The lowest BCUT2D eigenvalue weighted by atomic mass is 10.1. The number of pyridine rings is 1. The number of rotatable bonds is 5. The average molecular weight is 410 g/mol. The maximum atomic E-state index is 10.6. The Labute approximate surface area is 140 Å². The monoisotopic (exact) mass is 410 g/mol. The number of hydrogen-bond acceptors (Lipinski definition) is 6. The number of nitriles is 1. The number of nitrogens with two attached hydrogens (primary N) is 1. The minimum atomic E-state index is -0.438. The van der Waals surface area contributed by atoms with Crippen molar-refractivity contribution in [3.05, 3.63) is 55.1 Å². The summed E-state index contributed by atoms with van der Waals surface area (Å²) in [6, 6.07) is 9.86. The number of ether oxygens (including phenoxy) is 1. The highest BCUT2D eigenvalue weighted by Gasteiger charge is 2.09. The van der Waals surface area contributed by atoms with Gasteiger partial charge >= 0.3 is 0 Å². The molecule has 0 amide bonds. The van der Waals surface area contributed by atoms with Gasteiger partial charge in [0.15, 0.2) is 0 Å². The summed E-state index contributed by atoms with van der Waals surface area (Å²) < 4.78 is 6.26. The van der Waals surface area contributed by atoms with Gasteiger partial charge in [0, 0.05) is 18.6 Å². The summed E-state index contributed by atoms with van der Waals surface area (Å²) in [6.45, 7) is 0.353. The minimum Gasteiger partial charge on any atom is -0.477 e. The lowest BCUT2D eigenvalue weighted by Crippen LogP contribution is -2.06. The zero-order chi connectivity index (χ0) is 16.1. The number of non-ortho nitro benzene ring substituents is 1. The van der Waals surface area contributed by atoms with Gasteiger partial charge in [-0.2, -0.15) is 10.2 Å². The first kappa shape index (κ1) is 16.0. The summed E-state index contributed by atoms with van der Waals surface area (Å²) >= 11 is 2.02. The van der Waals surface area contributed by atoms with Crippen LogP contribution in [0, 0.1) is 25.0 Å². The number of benzene rings is 1. The molecule has 1 aromatic carbocycles. The van der Waals surface area contributed by atoms with Gasteiger partial charge in [0.05, 0.1) is 20.7 Å². The fraction of sp³-hybridized carbons (Fsp3) is 0.143. The van der Waals surface area contributed by atoms with Crippen LogP contribution in [0.5, 0.6) is 5.88 Å². The van der Waals surface area contributed by atoms with Crippen molar-refractivity contribution in [3.63, 3.8) is 0 Å². The van der Waals surface area contributed by atoms with E-state index in [1.807, 2.05) is 28.7 Å². The van der Waals surface area contributed by atoms with Crippen LogP contribution in [-0.2, 0) is 6.42 Å². The molecule has 0 atom stereocenters. The van der Waals surface area contributed by atoms with Crippen LogP contribution < -0.4 is 10.5 Å². The summed E-state index contributed by atoms with van der Waals surface area (Å²) in [4.78, 5) is 14.2. The maximum Gasteiger partial charge on any atom is 0.269 e. The zero-order valence-electron chi connectivity index (χ0n) is 11.3. The molecule has 0 spiro atoms. The topological polar surface area (TPSA) is 115 Å². The Morgan fingerprint density at radius 3 is 2.68 bits per heavy atom. The van der Waals surface area contributed by atoms with Crippen molar-refractivity contribution in [3.8, 4) is 11.9 Å². The normalized spacial score (nSPS) is 10.0. The largest absolute Gasteiger partial charge is 0.477 e. The molecule has 22 heavy (non-hydrogen) atoms. The number of aromatic nitrogens is 1. The Bertz CT molecular complexity index is 741. The summed E-state index contributed by atoms with van der Waals surface area (Å²) in [5.74, 6) is 0.507. The van der Waals surface area contributed by atoms with Gasteiger partial charge in [-0.05, 0) is 34.2 Å². The molecular formula is C14H11IN4O3. The molecule has 8 heteroatoms. The molecule has 112 valence electrons. The summed E-state index contributed by atoms with van der Waals surface area (Å²) in [5.41, 5.74) is 6.93. The molecule has 0 radical (unpaired) electrons. The first-order chi connectivity index (χ1) is 10.5. The van der Waals surface area contributed by atoms with E-state index in [0.717, 1.165) is 5.56 Å². The molecule has 0 saturated heterocycles. The molecule has 0 bridgehead atoms. The third-order valence-electron chi connectivity index (χ3n) is 2.87. The molecule has 0 saturated carbocycles. The van der Waals surface area contributed by atoms with Crippen molar-refractivity contribution >= 4 is 34.1 Å². The number of nitrogen functional groups attached to an aromatic ring is 1. The number of nitro benzene ring substituents is 1. The number of halogens is 1. The van der Waals surface area contributed by atoms with Crippen molar-refractivity contribution < 1.29 is 9.66 Å². The molecular weight excluding hydrogens is 399 g/mol. The minimum absolute atomic E-state index is 0.0562. The Balaban J connectivity index is 1.98. The van der Waals surface area contributed by atoms with E-state index in [1.54, 1.807) is 18.2 Å². The van der Waals surface area contributed by atoms with Crippen LogP contribution in [0.2, 0.25) is 0 Å². The second-order valence-electron chi connectivity index (χ2n) is 4.34. The van der Waals surface area contributed by atoms with Crippen LogP contribution in [0.25, 0.3) is 0 Å². The lowest BCUT2D eigenvalue weighted by molar-refractivity contribution is -0.384. The van der Waals surface area contributed by atoms with Crippen LogP contribution in [0.3, 0.4) is 0 Å². The average Bonchev–Trinajstić information content (AvgIpc) is 2.50. The summed E-state index contributed by atoms with van der Waals surface area (Å²) in [6.07, 6.45) is 0.579. The van der Waals surface area contributed by atoms with Crippen LogP contribution in [-0.4, -0.2) is 16.5 Å². The smallest absolute Gasteiger partial charge is 0.269 e. The number of nitrogens with zero attached hydrogens (tertiary/aromatic N) is 3. The van der Waals surface area contributed by atoms with Gasteiger partial charge in [-0.15, -0.1) is 0 Å². The second-order valence-corrected chi connectivity index (χ2v) is 5.50. The van der Waals surface area contributed by atoms with Crippen LogP contribution >= 0.6 is 22.6 Å². The fourth-order valence-corrected chi connectivity index (χ4v) is 2.31. The molecule has 0 fully saturated rings. The van der Waals surface area contributed by atoms with E-state index in [-0.39, 0.29) is 11.5 Å². The van der Waals surface area contributed by atoms with Crippen LogP contribution in [0.1, 0.15) is 11.1 Å². The van der Waals surface area contributed by atoms with E-state index >= 15 is 0 Å². The Morgan fingerprint density at radius 1 is 1.41 bits per heavy atom. The molecule has 2 rings (SSSR count). The highest BCUT2D eigenvalue weighted by molar-refractivity contribution is 14.1. The van der Waals surface area contributed by atoms with Gasteiger partial charge in [-0.1, -0.05) is 12.1 Å². The van der Waals surface area contributed by atoms with Crippen LogP contribution in [0.15, 0.2) is 30.3 Å². The first-order valence-electron chi connectivity index (χ1n) is 6.23. The second kappa shape index (κ2) is 7.04. The van der Waals surface area contributed by atoms with Crippen LogP contribution in [0.4, 0.5) is 11.5 Å². The van der Waals surface area contributed by atoms with Crippen molar-refractivity contribution in [2.24, 2.45) is 0 Å². The van der Waals surface area contributed by atoms with E-state index in [0.29, 0.717) is 28.0 Å². The summed E-state index contributed by atoms with van der Waals surface area (Å²) in [7, 11) is 0. The quantitative estimate of drug-likeness (QED) is 0.461. The van der Waals surface area contributed by atoms with E-state index in [4.69, 9.17) is 15.7 Å². The molecule has 0 unspecified atom stereocenters. The highest BCUT2D eigenvalue weighted by Crippen LogP contribution is 2.23. The lowest BCUT2D eigenvalue weighted by Gasteiger charge is -2.08. The molecule has 1 aromatic heterocycles. The Morgan fingerprint density at radius 2 is 2.09 bits per heavy atom. The van der Waals surface area contributed by atoms with E-state index in [9.17, 15) is 10.1 Å². The Hall–Kier alpha value is -2.41. The Kier molecular flexibility index (Phi) is 5.11. The van der Waals surface area contributed by atoms with E-state index in [2.05, 4.69) is 4.98 Å². The van der Waals surface area contributed by atoms with Gasteiger partial charge in [-0.3, -0.25) is 10.1 Å². The standard InChI is InChI=1S/C14H11IN4O3/c15-12-7-10(8-16)13(17)18-14(12)22-6-5-9-1-3-11(4-2-9)19(20)21/h1-4,7H,5-6H2,(H2,17,18). The van der Waals surface area contributed by atoms with Gasteiger partial charge in [-0.25, -0.2) is 0 Å². The van der Waals surface area contributed by atoms with Gasteiger partial charge < -0.3 is 10.5 Å². The zero-order valence-corrected chi connectivity index (χ0v) is 13.5. The van der Waals surface area contributed by atoms with Crippen molar-refractivity contribution in [2.75, 3.05) is 12.3 Å². The van der Waals surface area contributed by atoms with E-state index < -0.39 is 4.92 Å². The number of hydrogen-bond donors (Lipinski definition) is 1. The van der Waals surface area contributed by atoms with Crippen molar-refractivity contribution in [1.29, 1.82) is 5.26 Å². The molecule has 0 aliphatic carbocycles. The molecule has 7 nitrogen and oxygen atoms in total. The van der Waals surface area contributed by atoms with Gasteiger partial charge in [0.25, 0.3) is 5.69 Å². The first-order valence-corrected chi connectivity index (χ1v) is 7.31. The van der Waals surface area contributed by atoms with Gasteiger partial charge in [0.2, 0.25) is 5.88 Å². The molecule has 2 N–H and O–H groups in total. The number of anilines is 1. The van der Waals surface area contributed by atoms with Gasteiger partial charge in [0.1, 0.15) is 11.9 Å². The number of nitro groups is 1. The predicted molar refractivity (Wildman–Crippen MR) is 88.4 cm³/mol. The van der Waals surface area contributed by atoms with Crippen molar-refractivity contribution in [1.82, 2.24) is 4.98 Å². The molecule has 2 aromatic rings. The molecule has 1 heterocycles.